The van der Waals surface area contributed by atoms with Gasteiger partial charge in [-0.1, -0.05) is 155 Å². The molecule has 0 bridgehead atoms. The molecule has 3 aromatic rings. The van der Waals surface area contributed by atoms with E-state index in [1.807, 2.05) is 89.2 Å². The van der Waals surface area contributed by atoms with Crippen LogP contribution in [-0.2, 0) is 17.9 Å². The van der Waals surface area contributed by atoms with Crippen molar-refractivity contribution in [1.29, 1.82) is 0 Å². The van der Waals surface area contributed by atoms with Gasteiger partial charge >= 0.3 is 0 Å². The minimum atomic E-state index is 0.00722. The molecular weight excluding hydrogens is 500 g/mol. The number of carbonyl (C=O) groups excluding carboxylic acids is 1. The summed E-state index contributed by atoms with van der Waals surface area (Å²) in [4.78, 5) is 14.8. The van der Waals surface area contributed by atoms with E-state index in [0.29, 0.717) is 31.8 Å². The van der Waals surface area contributed by atoms with E-state index in [0.717, 1.165) is 5.57 Å². The van der Waals surface area contributed by atoms with Gasteiger partial charge in [-0.25, -0.2) is 0 Å². The van der Waals surface area contributed by atoms with Crippen molar-refractivity contribution in [2.24, 2.45) is 5.73 Å². The van der Waals surface area contributed by atoms with Crippen molar-refractivity contribution in [3.05, 3.63) is 155 Å². The normalized spacial score (nSPS) is 10.9. The lowest BCUT2D eigenvalue weighted by molar-refractivity contribution is -0.116. The highest BCUT2D eigenvalue weighted by Crippen LogP contribution is 2.12. The average Bonchev–Trinajstić information content (AvgIpc) is 2.96. The molecule has 0 spiro atoms. The molecule has 3 rings (SSSR count). The molecule has 0 aliphatic heterocycles. The molecule has 0 radical (unpaired) electrons. The van der Waals surface area contributed by atoms with Gasteiger partial charge in [-0.2, -0.15) is 0 Å². The Hall–Kier alpha value is -3.95. The highest BCUT2D eigenvalue weighted by atomic mass is 16.1. The maximum Gasteiger partial charge on any atom is 0.171 e. The van der Waals surface area contributed by atoms with Crippen molar-refractivity contribution in [3.63, 3.8) is 0 Å². The van der Waals surface area contributed by atoms with Gasteiger partial charge in [0, 0.05) is 31.3 Å². The fourth-order valence-corrected chi connectivity index (χ4v) is 3.96. The average molecular weight is 553 g/mol. The summed E-state index contributed by atoms with van der Waals surface area (Å²) in [6, 6.07) is 28.8. The number of allylic oxidation sites excluding steroid dienone is 5. The quantitative estimate of drug-likeness (QED) is 0.190. The summed E-state index contributed by atoms with van der Waals surface area (Å²) in [5.41, 5.74) is 12.7. The van der Waals surface area contributed by atoms with Gasteiger partial charge in [0.1, 0.15) is 0 Å². The molecule has 0 atom stereocenters. The molecule has 0 aromatic heterocycles. The van der Waals surface area contributed by atoms with Crippen LogP contribution in [0.25, 0.3) is 0 Å². The number of nitrogens with zero attached hydrogens (tertiary/aromatic N) is 1. The summed E-state index contributed by atoms with van der Waals surface area (Å²) in [5, 5.41) is 0. The third kappa shape index (κ3) is 18.1. The van der Waals surface area contributed by atoms with Crippen LogP contribution in [0.2, 0.25) is 0 Å². The van der Waals surface area contributed by atoms with E-state index in [-0.39, 0.29) is 5.78 Å². The Kier molecular flexibility index (Phi) is 21.6. The smallest absolute Gasteiger partial charge is 0.171 e. The molecule has 0 heterocycles. The summed E-state index contributed by atoms with van der Waals surface area (Å²) in [6.45, 7) is 19.6. The second-order valence-corrected chi connectivity index (χ2v) is 9.11. The molecule has 0 amide bonds. The van der Waals surface area contributed by atoms with Crippen molar-refractivity contribution in [3.8, 4) is 0 Å². The minimum Gasteiger partial charge on any atom is -0.402 e. The van der Waals surface area contributed by atoms with Crippen LogP contribution < -0.4 is 5.73 Å². The Morgan fingerprint density at radius 2 is 1.29 bits per heavy atom. The van der Waals surface area contributed by atoms with Crippen molar-refractivity contribution in [1.82, 2.24) is 4.90 Å². The molecule has 0 fully saturated rings. The first kappa shape index (κ1) is 37.1. The number of aryl methyl sites for hydroxylation is 2. The van der Waals surface area contributed by atoms with Gasteiger partial charge in [0.15, 0.2) is 5.78 Å². The first-order chi connectivity index (χ1) is 19.9. The van der Waals surface area contributed by atoms with Crippen LogP contribution in [0.15, 0.2) is 133 Å². The first-order valence-electron chi connectivity index (χ1n) is 14.7. The summed E-state index contributed by atoms with van der Waals surface area (Å²) in [6.07, 6.45) is 9.65. The maximum atomic E-state index is 12.7. The van der Waals surface area contributed by atoms with E-state index in [1.165, 1.54) is 22.3 Å². The lowest BCUT2D eigenvalue weighted by Crippen LogP contribution is -2.28. The third-order valence-electron chi connectivity index (χ3n) is 5.52. The molecule has 2 N–H and O–H groups in total. The largest absolute Gasteiger partial charge is 0.402 e. The third-order valence-corrected chi connectivity index (χ3v) is 5.52. The summed E-state index contributed by atoms with van der Waals surface area (Å²) >= 11 is 0. The fourth-order valence-electron chi connectivity index (χ4n) is 3.96. The first-order valence-corrected chi connectivity index (χ1v) is 14.7. The molecule has 0 aliphatic carbocycles. The van der Waals surface area contributed by atoms with Gasteiger partial charge in [-0.15, -0.1) is 0 Å². The van der Waals surface area contributed by atoms with Crippen LogP contribution >= 0.6 is 0 Å². The lowest BCUT2D eigenvalue weighted by Gasteiger charge is -2.21. The Morgan fingerprint density at radius 3 is 1.68 bits per heavy atom. The summed E-state index contributed by atoms with van der Waals surface area (Å²) in [7, 11) is 0. The van der Waals surface area contributed by atoms with Gasteiger partial charge in [-0.05, 0) is 37.5 Å². The predicted octanol–water partition coefficient (Wildman–Crippen LogP) is 9.53. The van der Waals surface area contributed by atoms with Gasteiger partial charge in [0.25, 0.3) is 0 Å². The molecule has 3 heteroatoms. The van der Waals surface area contributed by atoms with Crippen molar-refractivity contribution in [2.45, 2.75) is 68.0 Å². The number of hydrogen-bond donors (Lipinski definition) is 1. The van der Waals surface area contributed by atoms with Gasteiger partial charge < -0.3 is 5.73 Å². The number of benzene rings is 3. The molecule has 0 aliphatic rings. The Bertz CT molecular complexity index is 1130. The lowest BCUT2D eigenvalue weighted by atomic mass is 10.1. The Balaban J connectivity index is 0.00000112. The predicted molar refractivity (Wildman–Crippen MR) is 181 cm³/mol. The number of rotatable bonds is 11. The highest BCUT2D eigenvalue weighted by Gasteiger charge is 2.11. The maximum absolute atomic E-state index is 12.7. The van der Waals surface area contributed by atoms with Crippen LogP contribution in [0.3, 0.4) is 0 Å². The van der Waals surface area contributed by atoms with Crippen LogP contribution in [0.4, 0.5) is 0 Å². The number of nitrogens with two attached hydrogens (primary N) is 1. The fraction of sp³-hybridized carbons (Fsp3) is 0.289. The monoisotopic (exact) mass is 552 g/mol. The molecule has 220 valence electrons. The van der Waals surface area contributed by atoms with E-state index in [4.69, 9.17) is 5.73 Å². The highest BCUT2D eigenvalue weighted by molar-refractivity contribution is 5.92. The Labute approximate surface area is 250 Å². The second-order valence-electron chi connectivity index (χ2n) is 9.11. The zero-order valence-electron chi connectivity index (χ0n) is 26.4. The van der Waals surface area contributed by atoms with E-state index in [1.54, 1.807) is 12.2 Å². The molecule has 0 unspecified atom stereocenters. The van der Waals surface area contributed by atoms with E-state index >= 15 is 0 Å². The summed E-state index contributed by atoms with van der Waals surface area (Å²) < 4.78 is 0. The van der Waals surface area contributed by atoms with E-state index in [9.17, 15) is 4.79 Å². The molecule has 41 heavy (non-hydrogen) atoms. The van der Waals surface area contributed by atoms with Gasteiger partial charge in [-0.3, -0.25) is 9.69 Å². The second kappa shape index (κ2) is 23.9. The van der Waals surface area contributed by atoms with Crippen LogP contribution in [-0.4, -0.2) is 17.2 Å². The molecule has 0 saturated carbocycles. The van der Waals surface area contributed by atoms with Gasteiger partial charge in [0.05, 0.1) is 6.54 Å². The van der Waals surface area contributed by atoms with Crippen LogP contribution in [0.1, 0.15) is 63.3 Å². The standard InChI is InChI=1S/C26H30N2O.C8H10.2C2H6/c1-3-11-22(12-4-2)17-25(27)18-26(29)21-28(19-23-13-7-5-8-14-23)20-24-15-9-6-10-16-24;1-7-4-3-5-8(2)6-7;2*1-2/h3-16,18H,1,17,19-21,27H2,2H3;3-6H,1-2H3;2*1-2H3/b12-4-,22-11+,25-18-;;;. The molecule has 3 nitrogen and oxygen atoms in total. The summed E-state index contributed by atoms with van der Waals surface area (Å²) in [5.74, 6) is 0.00722. The van der Waals surface area contributed by atoms with Gasteiger partial charge in [0.2, 0.25) is 0 Å². The molecular formula is C38H52N2O. The zero-order valence-corrected chi connectivity index (χ0v) is 26.4. The van der Waals surface area contributed by atoms with E-state index < -0.39 is 0 Å². The molecule has 0 saturated heterocycles. The van der Waals surface area contributed by atoms with Crippen molar-refractivity contribution >= 4 is 5.78 Å². The Morgan fingerprint density at radius 1 is 0.805 bits per heavy atom. The zero-order chi connectivity index (χ0) is 30.9. The number of carbonyl (C=O) groups is 1. The topological polar surface area (TPSA) is 46.3 Å². The SMILES string of the molecule is C=C/C=C(\C=C/C)C/C(N)=C/C(=O)CN(Cc1ccccc1)Cc1ccccc1.CC.CC.Cc1cccc(C)c1. The van der Waals surface area contributed by atoms with Crippen LogP contribution in [0, 0.1) is 13.8 Å². The number of ketones is 1. The van der Waals surface area contributed by atoms with E-state index in [2.05, 4.69) is 73.9 Å². The minimum absolute atomic E-state index is 0.00722. The van der Waals surface area contributed by atoms with Crippen LogP contribution in [0.5, 0.6) is 0 Å². The number of hydrogen-bond acceptors (Lipinski definition) is 3. The van der Waals surface area contributed by atoms with Crippen molar-refractivity contribution < 1.29 is 4.79 Å². The molecule has 3 aromatic carbocycles. The van der Waals surface area contributed by atoms with Crippen molar-refractivity contribution in [2.75, 3.05) is 6.54 Å².